The van der Waals surface area contributed by atoms with Crippen LogP contribution in [0.25, 0.3) is 0 Å². The Morgan fingerprint density at radius 2 is 2.16 bits per heavy atom. The molecule has 0 aromatic heterocycles. The molecule has 1 aromatic rings. The number of ether oxygens (including phenoxy) is 2. The topological polar surface area (TPSA) is 55.8 Å². The van der Waals surface area contributed by atoms with Gasteiger partial charge >= 0.3 is 5.97 Å². The molecule has 6 heteroatoms. The fourth-order valence-electron chi connectivity index (χ4n) is 2.04. The van der Waals surface area contributed by atoms with Gasteiger partial charge in [-0.2, -0.15) is 0 Å². The van der Waals surface area contributed by atoms with E-state index in [1.54, 1.807) is 18.2 Å². The average molecular weight is 284 g/mol. The number of amides is 1. The van der Waals surface area contributed by atoms with Gasteiger partial charge in [0.05, 0.1) is 30.8 Å². The smallest absolute Gasteiger partial charge is 0.339 e. The summed E-state index contributed by atoms with van der Waals surface area (Å²) in [5, 5.41) is -0.246. The van der Waals surface area contributed by atoms with Crippen molar-refractivity contribution in [2.24, 2.45) is 0 Å². The first-order valence-corrected chi connectivity index (χ1v) is 6.21. The van der Waals surface area contributed by atoms with Gasteiger partial charge in [-0.1, -0.05) is 0 Å². The molecule has 0 aliphatic carbocycles. The van der Waals surface area contributed by atoms with Crippen molar-refractivity contribution in [1.82, 2.24) is 0 Å². The predicted octanol–water partition coefficient (Wildman–Crippen LogP) is 1.83. The minimum absolute atomic E-state index is 0.113. The standard InChI is InChI=1S/C13H14ClNO4/c1-18-9-3-4-10(13(17)19-2)11(6-9)15-7-8(14)5-12(15)16/h3-4,6,8H,5,7H2,1-2H3. The SMILES string of the molecule is COC(=O)c1ccc(OC)cc1N1CC(Cl)CC1=O. The van der Waals surface area contributed by atoms with Gasteiger partial charge < -0.3 is 14.4 Å². The Balaban J connectivity index is 2.46. The summed E-state index contributed by atoms with van der Waals surface area (Å²) in [4.78, 5) is 25.1. The van der Waals surface area contributed by atoms with E-state index in [9.17, 15) is 9.59 Å². The van der Waals surface area contributed by atoms with Gasteiger partial charge in [-0.05, 0) is 12.1 Å². The summed E-state index contributed by atoms with van der Waals surface area (Å²) >= 11 is 5.98. The van der Waals surface area contributed by atoms with Crippen LogP contribution in [0, 0.1) is 0 Å². The molecule has 1 heterocycles. The van der Waals surface area contributed by atoms with Gasteiger partial charge in [0.1, 0.15) is 5.75 Å². The van der Waals surface area contributed by atoms with Crippen LogP contribution in [0.1, 0.15) is 16.8 Å². The number of carbonyl (C=O) groups excluding carboxylic acids is 2. The average Bonchev–Trinajstić information content (AvgIpc) is 2.76. The first-order valence-electron chi connectivity index (χ1n) is 5.77. The van der Waals surface area contributed by atoms with E-state index in [0.29, 0.717) is 23.5 Å². The molecule has 1 aliphatic rings. The van der Waals surface area contributed by atoms with Crippen molar-refractivity contribution in [3.05, 3.63) is 23.8 Å². The molecular weight excluding hydrogens is 270 g/mol. The molecule has 1 aliphatic heterocycles. The third-order valence-electron chi connectivity index (χ3n) is 2.98. The van der Waals surface area contributed by atoms with Crippen molar-refractivity contribution in [1.29, 1.82) is 0 Å². The van der Waals surface area contributed by atoms with Crippen LogP contribution in [0.4, 0.5) is 5.69 Å². The monoisotopic (exact) mass is 283 g/mol. The second-order valence-corrected chi connectivity index (χ2v) is 4.80. The van der Waals surface area contributed by atoms with Gasteiger partial charge in [-0.3, -0.25) is 4.79 Å². The quantitative estimate of drug-likeness (QED) is 0.627. The minimum atomic E-state index is -0.497. The van der Waals surface area contributed by atoms with Crippen LogP contribution in [0.2, 0.25) is 0 Å². The third-order valence-corrected chi connectivity index (χ3v) is 3.27. The molecule has 1 saturated heterocycles. The van der Waals surface area contributed by atoms with Gasteiger partial charge in [-0.25, -0.2) is 4.79 Å². The van der Waals surface area contributed by atoms with Crippen molar-refractivity contribution in [2.75, 3.05) is 25.7 Å². The maximum absolute atomic E-state index is 11.9. The Morgan fingerprint density at radius 3 is 2.68 bits per heavy atom. The molecule has 1 fully saturated rings. The molecule has 0 bridgehead atoms. The van der Waals surface area contributed by atoms with Crippen LogP contribution in [0.15, 0.2) is 18.2 Å². The number of hydrogen-bond acceptors (Lipinski definition) is 4. The summed E-state index contributed by atoms with van der Waals surface area (Å²) in [5.41, 5.74) is 0.793. The van der Waals surface area contributed by atoms with Crippen molar-refractivity contribution in [2.45, 2.75) is 11.8 Å². The second-order valence-electron chi connectivity index (χ2n) is 4.18. The summed E-state index contributed by atoms with van der Waals surface area (Å²) in [6.07, 6.45) is 0.263. The fraction of sp³-hybridized carbons (Fsp3) is 0.385. The first-order chi connectivity index (χ1) is 9.06. The molecule has 19 heavy (non-hydrogen) atoms. The van der Waals surface area contributed by atoms with Crippen LogP contribution in [0.3, 0.4) is 0 Å². The molecule has 0 spiro atoms. The first kappa shape index (κ1) is 13.7. The van der Waals surface area contributed by atoms with Crippen LogP contribution in [0.5, 0.6) is 5.75 Å². The molecule has 102 valence electrons. The summed E-state index contributed by atoms with van der Waals surface area (Å²) in [7, 11) is 2.82. The summed E-state index contributed by atoms with van der Waals surface area (Å²) in [5.74, 6) is -0.0460. The summed E-state index contributed by atoms with van der Waals surface area (Å²) in [6.45, 7) is 0.373. The Kier molecular flexibility index (Phi) is 3.95. The van der Waals surface area contributed by atoms with E-state index in [2.05, 4.69) is 0 Å². The number of benzene rings is 1. The highest BCUT2D eigenvalue weighted by atomic mass is 35.5. The van der Waals surface area contributed by atoms with Crippen molar-refractivity contribution in [3.63, 3.8) is 0 Å². The second kappa shape index (κ2) is 5.48. The van der Waals surface area contributed by atoms with E-state index < -0.39 is 5.97 Å². The highest BCUT2D eigenvalue weighted by molar-refractivity contribution is 6.24. The Morgan fingerprint density at radius 1 is 1.42 bits per heavy atom. The zero-order valence-corrected chi connectivity index (χ0v) is 11.4. The number of anilines is 1. The number of nitrogens with zero attached hydrogens (tertiary/aromatic N) is 1. The van der Waals surface area contributed by atoms with Crippen LogP contribution in [-0.2, 0) is 9.53 Å². The molecular formula is C13H14ClNO4. The van der Waals surface area contributed by atoms with E-state index in [0.717, 1.165) is 0 Å². The maximum Gasteiger partial charge on any atom is 0.339 e. The molecule has 1 aromatic carbocycles. The lowest BCUT2D eigenvalue weighted by Gasteiger charge is -2.19. The lowest BCUT2D eigenvalue weighted by Crippen LogP contribution is -2.26. The summed E-state index contributed by atoms with van der Waals surface area (Å²) in [6, 6.07) is 4.86. The number of halogens is 1. The molecule has 1 atom stereocenters. The molecule has 1 unspecified atom stereocenters. The van der Waals surface area contributed by atoms with Gasteiger partial charge in [0.2, 0.25) is 5.91 Å². The van der Waals surface area contributed by atoms with Crippen molar-refractivity contribution < 1.29 is 19.1 Å². The third kappa shape index (κ3) is 2.66. The van der Waals surface area contributed by atoms with E-state index in [4.69, 9.17) is 21.1 Å². The number of rotatable bonds is 3. The zero-order chi connectivity index (χ0) is 14.0. The van der Waals surface area contributed by atoms with Crippen LogP contribution >= 0.6 is 11.6 Å². The minimum Gasteiger partial charge on any atom is -0.497 e. The Hall–Kier alpha value is -1.75. The molecule has 1 amide bonds. The number of alkyl halides is 1. The number of hydrogen-bond donors (Lipinski definition) is 0. The van der Waals surface area contributed by atoms with Crippen molar-refractivity contribution >= 4 is 29.2 Å². The highest BCUT2D eigenvalue weighted by Gasteiger charge is 2.32. The largest absolute Gasteiger partial charge is 0.497 e. The number of esters is 1. The fourth-order valence-corrected chi connectivity index (χ4v) is 2.31. The van der Waals surface area contributed by atoms with Crippen LogP contribution < -0.4 is 9.64 Å². The van der Waals surface area contributed by atoms with E-state index in [1.165, 1.54) is 19.1 Å². The van der Waals surface area contributed by atoms with E-state index >= 15 is 0 Å². The van der Waals surface area contributed by atoms with Gasteiger partial charge in [0.15, 0.2) is 0 Å². The number of methoxy groups -OCH3 is 2. The lowest BCUT2D eigenvalue weighted by molar-refractivity contribution is -0.117. The van der Waals surface area contributed by atoms with Gasteiger partial charge in [0, 0.05) is 19.0 Å². The predicted molar refractivity (Wildman–Crippen MR) is 70.9 cm³/mol. The highest BCUT2D eigenvalue weighted by Crippen LogP contribution is 2.31. The molecule has 2 rings (SSSR count). The number of carbonyl (C=O) groups is 2. The normalized spacial score (nSPS) is 18.6. The molecule has 0 radical (unpaired) electrons. The molecule has 5 nitrogen and oxygen atoms in total. The van der Waals surface area contributed by atoms with E-state index in [1.807, 2.05) is 0 Å². The Bertz CT molecular complexity index is 517. The molecule has 0 N–H and O–H groups in total. The van der Waals surface area contributed by atoms with Gasteiger partial charge in [0.25, 0.3) is 0 Å². The lowest BCUT2D eigenvalue weighted by atomic mass is 10.1. The van der Waals surface area contributed by atoms with Crippen molar-refractivity contribution in [3.8, 4) is 5.75 Å². The van der Waals surface area contributed by atoms with Crippen LogP contribution in [-0.4, -0.2) is 38.0 Å². The summed E-state index contributed by atoms with van der Waals surface area (Å²) < 4.78 is 9.84. The molecule has 0 saturated carbocycles. The maximum atomic E-state index is 11.9. The van der Waals surface area contributed by atoms with Gasteiger partial charge in [-0.15, -0.1) is 11.6 Å². The Labute approximate surface area is 116 Å². The van der Waals surface area contributed by atoms with E-state index in [-0.39, 0.29) is 17.7 Å². The zero-order valence-electron chi connectivity index (χ0n) is 10.7.